The summed E-state index contributed by atoms with van der Waals surface area (Å²) in [6.07, 6.45) is 1.93. The number of aryl methyl sites for hydroxylation is 2. The van der Waals surface area contributed by atoms with Crippen molar-refractivity contribution < 1.29 is 0 Å². The Bertz CT molecular complexity index is 776. The summed E-state index contributed by atoms with van der Waals surface area (Å²) in [5.74, 6) is 0.797. The monoisotopic (exact) mass is 316 g/mol. The zero-order valence-corrected chi connectivity index (χ0v) is 12.3. The van der Waals surface area contributed by atoms with Crippen LogP contribution in [0.1, 0.15) is 11.1 Å². The van der Waals surface area contributed by atoms with Gasteiger partial charge < -0.3 is 5.73 Å². The summed E-state index contributed by atoms with van der Waals surface area (Å²) in [6, 6.07) is 8.08. The van der Waals surface area contributed by atoms with E-state index in [0.717, 1.165) is 15.9 Å². The van der Waals surface area contributed by atoms with Gasteiger partial charge in [0.1, 0.15) is 0 Å². The first kappa shape index (κ1) is 12.2. The van der Waals surface area contributed by atoms with E-state index < -0.39 is 0 Å². The van der Waals surface area contributed by atoms with Gasteiger partial charge in [-0.25, -0.2) is 0 Å². The van der Waals surface area contributed by atoms with E-state index in [-0.39, 0.29) is 0 Å². The van der Waals surface area contributed by atoms with Crippen LogP contribution in [-0.2, 0) is 0 Å². The number of anilines is 1. The smallest absolute Gasteiger partial charge is 0.184 e. The Hall–Kier alpha value is -1.88. The molecule has 0 saturated carbocycles. The summed E-state index contributed by atoms with van der Waals surface area (Å²) >= 11 is 3.44. The maximum absolute atomic E-state index is 5.95. The number of nitrogen functional groups attached to an aromatic ring is 1. The molecule has 96 valence electrons. The Balaban J connectivity index is 2.28. The molecule has 3 aromatic rings. The first-order chi connectivity index (χ1) is 9.06. The van der Waals surface area contributed by atoms with E-state index >= 15 is 0 Å². The molecule has 0 aliphatic carbocycles. The molecular formula is C14H13BrN4. The molecule has 0 radical (unpaired) electrons. The summed E-state index contributed by atoms with van der Waals surface area (Å²) in [4.78, 5) is 0. The van der Waals surface area contributed by atoms with Gasteiger partial charge in [-0.05, 0) is 53.0 Å². The lowest BCUT2D eigenvalue weighted by atomic mass is 10.1. The van der Waals surface area contributed by atoms with Crippen LogP contribution in [-0.4, -0.2) is 14.6 Å². The number of hydrogen-bond acceptors (Lipinski definition) is 3. The molecule has 0 aliphatic rings. The highest BCUT2D eigenvalue weighted by atomic mass is 79.9. The molecule has 0 fully saturated rings. The number of benzene rings is 1. The van der Waals surface area contributed by atoms with Crippen LogP contribution >= 0.6 is 15.9 Å². The molecule has 2 heterocycles. The fraction of sp³-hybridized carbons (Fsp3) is 0.143. The van der Waals surface area contributed by atoms with Crippen LogP contribution in [0.3, 0.4) is 0 Å². The first-order valence-corrected chi connectivity index (χ1v) is 6.73. The van der Waals surface area contributed by atoms with Crippen molar-refractivity contribution in [3.63, 3.8) is 0 Å². The average Bonchev–Trinajstić information content (AvgIpc) is 2.76. The zero-order chi connectivity index (χ0) is 13.6. The second kappa shape index (κ2) is 4.35. The highest BCUT2D eigenvalue weighted by Gasteiger charge is 2.11. The van der Waals surface area contributed by atoms with Crippen LogP contribution in [0.2, 0.25) is 0 Å². The van der Waals surface area contributed by atoms with Crippen LogP contribution in [0, 0.1) is 13.8 Å². The maximum atomic E-state index is 5.95. The first-order valence-electron chi connectivity index (χ1n) is 5.93. The highest BCUT2D eigenvalue weighted by molar-refractivity contribution is 9.10. The van der Waals surface area contributed by atoms with Gasteiger partial charge >= 0.3 is 0 Å². The molecule has 0 spiro atoms. The van der Waals surface area contributed by atoms with Gasteiger partial charge in [0.25, 0.3) is 0 Å². The van der Waals surface area contributed by atoms with Crippen molar-refractivity contribution in [1.82, 2.24) is 14.6 Å². The Morgan fingerprint density at radius 1 is 1.11 bits per heavy atom. The van der Waals surface area contributed by atoms with Crippen LogP contribution < -0.4 is 5.73 Å². The number of fused-ring (bicyclic) bond motifs is 1. The molecule has 0 aliphatic heterocycles. The summed E-state index contributed by atoms with van der Waals surface area (Å²) in [5.41, 5.74) is 10.8. The van der Waals surface area contributed by atoms with Crippen LogP contribution in [0.5, 0.6) is 0 Å². The lowest BCUT2D eigenvalue weighted by Gasteiger charge is -2.05. The third kappa shape index (κ3) is 2.00. The molecule has 0 saturated heterocycles. The Morgan fingerprint density at radius 2 is 1.89 bits per heavy atom. The lowest BCUT2D eigenvalue weighted by Crippen LogP contribution is -1.95. The Labute approximate surface area is 119 Å². The van der Waals surface area contributed by atoms with Crippen molar-refractivity contribution in [3.05, 3.63) is 46.1 Å². The van der Waals surface area contributed by atoms with E-state index in [1.54, 1.807) is 0 Å². The second-order valence-electron chi connectivity index (χ2n) is 4.63. The summed E-state index contributed by atoms with van der Waals surface area (Å²) in [5, 5.41) is 8.41. The molecule has 0 amide bonds. The molecule has 1 aromatic carbocycles. The minimum atomic E-state index is 0.608. The minimum Gasteiger partial charge on any atom is -0.396 e. The van der Waals surface area contributed by atoms with Gasteiger partial charge in [0.2, 0.25) is 0 Å². The van der Waals surface area contributed by atoms with Crippen molar-refractivity contribution in [1.29, 1.82) is 0 Å². The molecule has 0 unspecified atom stereocenters. The fourth-order valence-electron chi connectivity index (χ4n) is 2.06. The lowest BCUT2D eigenvalue weighted by molar-refractivity contribution is 1.11. The van der Waals surface area contributed by atoms with Gasteiger partial charge in [-0.2, -0.15) is 0 Å². The largest absolute Gasteiger partial charge is 0.396 e. The number of halogens is 1. The second-order valence-corrected chi connectivity index (χ2v) is 5.55. The van der Waals surface area contributed by atoms with Gasteiger partial charge in [0.05, 0.1) is 5.69 Å². The Morgan fingerprint density at radius 3 is 2.63 bits per heavy atom. The average molecular weight is 317 g/mol. The fourth-order valence-corrected chi connectivity index (χ4v) is 2.51. The van der Waals surface area contributed by atoms with Crippen molar-refractivity contribution in [2.75, 3.05) is 5.73 Å². The molecular weight excluding hydrogens is 304 g/mol. The third-order valence-electron chi connectivity index (χ3n) is 3.26. The minimum absolute atomic E-state index is 0.608. The summed E-state index contributed by atoms with van der Waals surface area (Å²) < 4.78 is 2.81. The van der Waals surface area contributed by atoms with Crippen LogP contribution in [0.25, 0.3) is 17.0 Å². The number of pyridine rings is 1. The quantitative estimate of drug-likeness (QED) is 0.749. The molecule has 19 heavy (non-hydrogen) atoms. The molecule has 3 rings (SSSR count). The molecule has 0 atom stereocenters. The van der Waals surface area contributed by atoms with Gasteiger partial charge in [-0.3, -0.25) is 4.40 Å². The molecule has 2 N–H and O–H groups in total. The van der Waals surface area contributed by atoms with Gasteiger partial charge in [-0.15, -0.1) is 10.2 Å². The van der Waals surface area contributed by atoms with Crippen molar-refractivity contribution in [2.24, 2.45) is 0 Å². The van der Waals surface area contributed by atoms with E-state index in [0.29, 0.717) is 11.3 Å². The molecule has 4 nitrogen and oxygen atoms in total. The van der Waals surface area contributed by atoms with Gasteiger partial charge in [0.15, 0.2) is 11.5 Å². The molecule has 5 heteroatoms. The van der Waals surface area contributed by atoms with Crippen molar-refractivity contribution >= 4 is 27.3 Å². The predicted octanol–water partition coefficient (Wildman–Crippen LogP) is 3.36. The van der Waals surface area contributed by atoms with Gasteiger partial charge in [0, 0.05) is 16.2 Å². The predicted molar refractivity (Wildman–Crippen MR) is 80.0 cm³/mol. The number of nitrogens with zero attached hydrogens (tertiary/aromatic N) is 3. The normalized spacial score (nSPS) is 11.1. The highest BCUT2D eigenvalue weighted by Crippen LogP contribution is 2.25. The topological polar surface area (TPSA) is 56.2 Å². The van der Waals surface area contributed by atoms with E-state index in [4.69, 9.17) is 5.73 Å². The standard InChI is InChI=1S/C14H13BrN4/c1-8-3-4-10(5-9(8)2)13-17-18-14-12(16)6-11(15)7-19(13)14/h3-7H,16H2,1-2H3. The Kier molecular flexibility index (Phi) is 2.78. The molecule has 2 aromatic heterocycles. The zero-order valence-electron chi connectivity index (χ0n) is 10.7. The van der Waals surface area contributed by atoms with Gasteiger partial charge in [-0.1, -0.05) is 12.1 Å². The number of rotatable bonds is 1. The van der Waals surface area contributed by atoms with Crippen molar-refractivity contribution in [3.8, 4) is 11.4 Å². The summed E-state index contributed by atoms with van der Waals surface area (Å²) in [7, 11) is 0. The number of nitrogens with two attached hydrogens (primary N) is 1. The van der Waals surface area contributed by atoms with E-state index in [1.807, 2.05) is 16.7 Å². The van der Waals surface area contributed by atoms with E-state index in [2.05, 4.69) is 58.2 Å². The van der Waals surface area contributed by atoms with Crippen molar-refractivity contribution in [2.45, 2.75) is 13.8 Å². The van der Waals surface area contributed by atoms with E-state index in [9.17, 15) is 0 Å². The van der Waals surface area contributed by atoms with Crippen LogP contribution in [0.4, 0.5) is 5.69 Å². The van der Waals surface area contributed by atoms with E-state index in [1.165, 1.54) is 11.1 Å². The summed E-state index contributed by atoms with van der Waals surface area (Å²) in [6.45, 7) is 4.18. The molecule has 0 bridgehead atoms. The number of hydrogen-bond donors (Lipinski definition) is 1. The number of aromatic nitrogens is 3. The SMILES string of the molecule is Cc1ccc(-c2nnc3c(N)cc(Br)cn23)cc1C. The third-order valence-corrected chi connectivity index (χ3v) is 3.70. The maximum Gasteiger partial charge on any atom is 0.184 e. The van der Waals surface area contributed by atoms with Crippen LogP contribution in [0.15, 0.2) is 34.9 Å².